The van der Waals surface area contributed by atoms with Gasteiger partial charge in [-0.25, -0.2) is 8.78 Å². The van der Waals surface area contributed by atoms with Gasteiger partial charge in [-0.1, -0.05) is 6.07 Å². The van der Waals surface area contributed by atoms with Gasteiger partial charge in [-0.2, -0.15) is 0 Å². The fourth-order valence-electron chi connectivity index (χ4n) is 1.75. The van der Waals surface area contributed by atoms with Crippen LogP contribution in [0.2, 0.25) is 0 Å². The van der Waals surface area contributed by atoms with Gasteiger partial charge >= 0.3 is 0 Å². The standard InChI is InChI=1S/C13H12F2N2O2/c1-17-7-12(18)9(13(17)19)6-16-5-8-10(14)3-2-4-11(8)15/h2-4,6,18H,5,7H2,1H3. The van der Waals surface area contributed by atoms with Crippen LogP contribution in [0.4, 0.5) is 8.78 Å². The molecule has 1 aromatic rings. The van der Waals surface area contributed by atoms with Crippen LogP contribution in [0.5, 0.6) is 0 Å². The summed E-state index contributed by atoms with van der Waals surface area (Å²) in [5.41, 5.74) is -0.114. The molecule has 6 heteroatoms. The van der Waals surface area contributed by atoms with Gasteiger partial charge in [0.25, 0.3) is 5.91 Å². The van der Waals surface area contributed by atoms with Gasteiger partial charge < -0.3 is 10.0 Å². The highest BCUT2D eigenvalue weighted by Crippen LogP contribution is 2.15. The smallest absolute Gasteiger partial charge is 0.259 e. The molecule has 2 rings (SSSR count). The first-order chi connectivity index (χ1) is 9.00. The molecular formula is C13H12F2N2O2. The van der Waals surface area contributed by atoms with Crippen LogP contribution in [0, 0.1) is 11.6 Å². The number of carbonyl (C=O) groups is 1. The number of aliphatic imine (C=N–C) groups is 1. The molecule has 0 aliphatic carbocycles. The Kier molecular flexibility index (Phi) is 3.59. The molecule has 1 amide bonds. The molecule has 0 aromatic heterocycles. The van der Waals surface area contributed by atoms with E-state index in [1.165, 1.54) is 18.0 Å². The number of aliphatic hydroxyl groups excluding tert-OH is 1. The maximum atomic E-state index is 13.3. The van der Waals surface area contributed by atoms with E-state index in [4.69, 9.17) is 0 Å². The van der Waals surface area contributed by atoms with Crippen LogP contribution in [0.15, 0.2) is 34.5 Å². The fourth-order valence-corrected chi connectivity index (χ4v) is 1.75. The molecule has 1 aliphatic rings. The van der Waals surface area contributed by atoms with E-state index in [-0.39, 0.29) is 35.9 Å². The highest BCUT2D eigenvalue weighted by molar-refractivity contribution is 6.14. The number of amides is 1. The second-order valence-electron chi connectivity index (χ2n) is 4.19. The Morgan fingerprint density at radius 2 is 2.05 bits per heavy atom. The quantitative estimate of drug-likeness (QED) is 0.848. The van der Waals surface area contributed by atoms with Crippen LogP contribution in [0.3, 0.4) is 0 Å². The third-order valence-corrected chi connectivity index (χ3v) is 2.81. The fraction of sp³-hybridized carbons (Fsp3) is 0.231. The third kappa shape index (κ3) is 2.62. The molecule has 0 radical (unpaired) electrons. The maximum Gasteiger partial charge on any atom is 0.259 e. The molecule has 0 unspecified atom stereocenters. The number of likely N-dealkylation sites (N-methyl/N-ethyl adjacent to an activating group) is 1. The minimum absolute atomic E-state index is 0.0549. The molecule has 0 saturated carbocycles. The zero-order valence-corrected chi connectivity index (χ0v) is 10.2. The van der Waals surface area contributed by atoms with E-state index in [2.05, 4.69) is 4.99 Å². The molecule has 0 spiro atoms. The van der Waals surface area contributed by atoms with Crippen LogP contribution in [-0.4, -0.2) is 35.7 Å². The van der Waals surface area contributed by atoms with Gasteiger partial charge in [-0.05, 0) is 12.1 Å². The Hall–Kier alpha value is -2.24. The summed E-state index contributed by atoms with van der Waals surface area (Å²) in [4.78, 5) is 16.7. The minimum Gasteiger partial charge on any atom is -0.510 e. The lowest BCUT2D eigenvalue weighted by Gasteiger charge is -2.05. The van der Waals surface area contributed by atoms with Crippen molar-refractivity contribution in [1.82, 2.24) is 4.90 Å². The van der Waals surface area contributed by atoms with Crippen molar-refractivity contribution in [1.29, 1.82) is 0 Å². The summed E-state index contributed by atoms with van der Waals surface area (Å²) >= 11 is 0. The van der Waals surface area contributed by atoms with E-state index in [1.54, 1.807) is 0 Å². The first kappa shape index (κ1) is 13.2. The summed E-state index contributed by atoms with van der Waals surface area (Å²) in [7, 11) is 1.54. The highest BCUT2D eigenvalue weighted by Gasteiger charge is 2.25. The molecule has 0 saturated heterocycles. The monoisotopic (exact) mass is 266 g/mol. The molecule has 4 nitrogen and oxygen atoms in total. The van der Waals surface area contributed by atoms with E-state index >= 15 is 0 Å². The molecule has 0 fully saturated rings. The van der Waals surface area contributed by atoms with Crippen molar-refractivity contribution in [2.75, 3.05) is 13.6 Å². The van der Waals surface area contributed by atoms with E-state index in [1.807, 2.05) is 0 Å². The van der Waals surface area contributed by atoms with Crippen molar-refractivity contribution in [3.8, 4) is 0 Å². The summed E-state index contributed by atoms with van der Waals surface area (Å²) in [6.45, 7) is -0.111. The summed E-state index contributed by atoms with van der Waals surface area (Å²) in [5, 5.41) is 9.51. The van der Waals surface area contributed by atoms with Gasteiger partial charge in [0.2, 0.25) is 0 Å². The van der Waals surface area contributed by atoms with Crippen molar-refractivity contribution in [3.05, 3.63) is 46.7 Å². The maximum absolute atomic E-state index is 13.3. The SMILES string of the molecule is CN1CC(O)=C(C=NCc2c(F)cccc2F)C1=O. The Bertz CT molecular complexity index is 562. The summed E-state index contributed by atoms with van der Waals surface area (Å²) in [6.07, 6.45) is 1.15. The summed E-state index contributed by atoms with van der Waals surface area (Å²) < 4.78 is 26.6. The first-order valence-corrected chi connectivity index (χ1v) is 5.61. The Morgan fingerprint density at radius 3 is 2.58 bits per heavy atom. The minimum atomic E-state index is -0.690. The van der Waals surface area contributed by atoms with Crippen LogP contribution in [-0.2, 0) is 11.3 Å². The topological polar surface area (TPSA) is 52.9 Å². The number of carbonyl (C=O) groups excluding carboxylic acids is 1. The zero-order chi connectivity index (χ0) is 14.0. The number of aliphatic hydroxyl groups is 1. The van der Waals surface area contributed by atoms with Crippen molar-refractivity contribution in [2.45, 2.75) is 6.54 Å². The number of benzene rings is 1. The van der Waals surface area contributed by atoms with E-state index in [0.717, 1.165) is 18.3 Å². The largest absolute Gasteiger partial charge is 0.510 e. The van der Waals surface area contributed by atoms with Crippen LogP contribution in [0.25, 0.3) is 0 Å². The van der Waals surface area contributed by atoms with Crippen LogP contribution in [0.1, 0.15) is 5.56 Å². The van der Waals surface area contributed by atoms with Crippen molar-refractivity contribution >= 4 is 12.1 Å². The summed E-state index contributed by atoms with van der Waals surface area (Å²) in [5.74, 6) is -1.84. The Balaban J connectivity index is 2.13. The molecule has 0 atom stereocenters. The molecule has 1 aromatic carbocycles. The van der Waals surface area contributed by atoms with E-state index in [0.29, 0.717) is 0 Å². The average molecular weight is 266 g/mol. The van der Waals surface area contributed by atoms with Gasteiger partial charge in [0.05, 0.1) is 18.7 Å². The molecule has 1 aliphatic heterocycles. The van der Waals surface area contributed by atoms with Gasteiger partial charge in [0.15, 0.2) is 0 Å². The predicted molar refractivity (Wildman–Crippen MR) is 65.8 cm³/mol. The Morgan fingerprint density at radius 1 is 1.42 bits per heavy atom. The van der Waals surface area contributed by atoms with Gasteiger partial charge in [-0.3, -0.25) is 9.79 Å². The lowest BCUT2D eigenvalue weighted by atomic mass is 10.2. The van der Waals surface area contributed by atoms with Crippen molar-refractivity contribution in [3.63, 3.8) is 0 Å². The zero-order valence-electron chi connectivity index (χ0n) is 10.2. The molecule has 0 bridgehead atoms. The molecule has 100 valence electrons. The van der Waals surface area contributed by atoms with Crippen molar-refractivity contribution < 1.29 is 18.7 Å². The van der Waals surface area contributed by atoms with E-state index < -0.39 is 11.6 Å². The van der Waals surface area contributed by atoms with Crippen LogP contribution >= 0.6 is 0 Å². The first-order valence-electron chi connectivity index (χ1n) is 5.61. The highest BCUT2D eigenvalue weighted by atomic mass is 19.1. The second-order valence-corrected chi connectivity index (χ2v) is 4.19. The number of rotatable bonds is 3. The normalized spacial score (nSPS) is 15.9. The van der Waals surface area contributed by atoms with Gasteiger partial charge in [0.1, 0.15) is 17.4 Å². The second kappa shape index (κ2) is 5.17. The summed E-state index contributed by atoms with van der Waals surface area (Å²) in [6, 6.07) is 3.54. The number of hydrogen-bond donors (Lipinski definition) is 1. The number of nitrogens with zero attached hydrogens (tertiary/aromatic N) is 2. The lowest BCUT2D eigenvalue weighted by Crippen LogP contribution is -2.22. The van der Waals surface area contributed by atoms with Crippen LogP contribution < -0.4 is 0 Å². The average Bonchev–Trinajstić information content (AvgIpc) is 2.59. The number of hydrogen-bond acceptors (Lipinski definition) is 3. The predicted octanol–water partition coefficient (Wildman–Crippen LogP) is 1.82. The van der Waals surface area contributed by atoms with Gasteiger partial charge in [0, 0.05) is 18.8 Å². The number of halogens is 2. The molecule has 1 heterocycles. The molecular weight excluding hydrogens is 254 g/mol. The van der Waals surface area contributed by atoms with Gasteiger partial charge in [-0.15, -0.1) is 0 Å². The Labute approximate surface area is 108 Å². The van der Waals surface area contributed by atoms with Crippen molar-refractivity contribution in [2.24, 2.45) is 4.99 Å². The van der Waals surface area contributed by atoms with E-state index in [9.17, 15) is 18.7 Å². The molecule has 1 N–H and O–H groups in total. The lowest BCUT2D eigenvalue weighted by molar-refractivity contribution is -0.123. The third-order valence-electron chi connectivity index (χ3n) is 2.81. The molecule has 19 heavy (non-hydrogen) atoms.